The average Bonchev–Trinajstić information content (AvgIpc) is 1.84. The molecule has 0 radical (unpaired) electrons. The van der Waals surface area contributed by atoms with Gasteiger partial charge < -0.3 is 3.79 Å². The summed E-state index contributed by atoms with van der Waals surface area (Å²) in [6, 6.07) is 0. The lowest BCUT2D eigenvalue weighted by Gasteiger charge is -2.07. The Morgan fingerprint density at radius 3 is 2.42 bits per heavy atom. The molecule has 0 aromatic rings. The van der Waals surface area contributed by atoms with E-state index in [1.807, 2.05) is 26.8 Å². The highest BCUT2D eigenvalue weighted by molar-refractivity contribution is 6.48. The molecule has 0 aliphatic rings. The number of nitrogens with zero attached hydrogens (tertiary/aromatic N) is 1. The monoisotopic (exact) mass is 183 g/mol. The predicted molar refractivity (Wildman–Crippen MR) is 56.0 cm³/mol. The lowest BCUT2D eigenvalue weighted by Crippen LogP contribution is -2.06. The van der Waals surface area contributed by atoms with Crippen molar-refractivity contribution in [3.8, 4) is 0 Å². The second-order valence-corrected chi connectivity index (χ2v) is 5.37. The topological polar surface area (TPSA) is 21.6 Å². The first-order valence-corrected chi connectivity index (χ1v) is 7.20. The summed E-state index contributed by atoms with van der Waals surface area (Å²) >= 11 is -0.931. The van der Waals surface area contributed by atoms with Crippen LogP contribution in [0.4, 0.5) is 0 Å². The molecule has 0 aliphatic carbocycles. The van der Waals surface area contributed by atoms with Crippen LogP contribution in [-0.4, -0.2) is 26.7 Å². The molecule has 0 saturated heterocycles. The van der Waals surface area contributed by atoms with Gasteiger partial charge in [-0.2, -0.15) is 0 Å². The smallest absolute Gasteiger partial charge is 0.539 e. The van der Waals surface area contributed by atoms with Crippen molar-refractivity contribution < 1.29 is 3.79 Å². The fourth-order valence-electron chi connectivity index (χ4n) is 0.995. The van der Waals surface area contributed by atoms with Gasteiger partial charge in [-0.3, -0.25) is 4.99 Å². The van der Waals surface area contributed by atoms with Crippen molar-refractivity contribution in [1.82, 2.24) is 0 Å². The summed E-state index contributed by atoms with van der Waals surface area (Å²) in [4.78, 5) is 4.25. The van der Waals surface area contributed by atoms with Crippen LogP contribution in [0.5, 0.6) is 0 Å². The quantitative estimate of drug-likeness (QED) is 0.373. The number of hydrogen-bond donors (Lipinski definition) is 0. The van der Waals surface area contributed by atoms with Crippen molar-refractivity contribution in [1.29, 1.82) is 0 Å². The summed E-state index contributed by atoms with van der Waals surface area (Å²) < 4.78 is 5.59. The molecule has 0 amide bonds. The van der Waals surface area contributed by atoms with Gasteiger partial charge in [0.2, 0.25) is 0 Å². The molecule has 2 nitrogen and oxygen atoms in total. The Morgan fingerprint density at radius 2 is 2.00 bits per heavy atom. The maximum absolute atomic E-state index is 5.59. The molecule has 0 aromatic heterocycles. The largest absolute Gasteiger partial charge is 0.646 e. The number of hydrogen-bond acceptors (Lipinski definition) is 2. The molecule has 0 spiro atoms. The van der Waals surface area contributed by atoms with E-state index < -0.39 is 14.5 Å². The van der Waals surface area contributed by atoms with Gasteiger partial charge in [-0.05, 0) is 26.8 Å². The van der Waals surface area contributed by atoms with Gasteiger partial charge in [0.25, 0.3) is 0 Å². The maximum atomic E-state index is 5.59. The molecular formula is C9H18AlNO. The van der Waals surface area contributed by atoms with Crippen LogP contribution in [0.15, 0.2) is 16.8 Å². The Labute approximate surface area is 80.1 Å². The Bertz CT molecular complexity index is 185. The minimum atomic E-state index is -0.931. The summed E-state index contributed by atoms with van der Waals surface area (Å²) in [7, 11) is 0. The van der Waals surface area contributed by atoms with Crippen molar-refractivity contribution in [2.24, 2.45) is 4.99 Å². The predicted octanol–water partition coefficient (Wildman–Crippen LogP) is 2.64. The number of aliphatic imine (C=N–C) groups is 1. The lowest BCUT2D eigenvalue weighted by molar-refractivity contribution is 0.444. The zero-order chi connectivity index (χ0) is 9.56. The molecule has 0 fully saturated rings. The average molecular weight is 183 g/mol. The van der Waals surface area contributed by atoms with Crippen molar-refractivity contribution in [3.05, 3.63) is 11.8 Å². The van der Waals surface area contributed by atoms with E-state index in [9.17, 15) is 0 Å². The summed E-state index contributed by atoms with van der Waals surface area (Å²) in [5.74, 6) is 5.30. The van der Waals surface area contributed by atoms with Crippen LogP contribution in [0.25, 0.3) is 0 Å². The van der Waals surface area contributed by atoms with Crippen LogP contribution in [0.1, 0.15) is 20.8 Å². The van der Waals surface area contributed by atoms with Gasteiger partial charge in [-0.25, -0.2) is 0 Å². The van der Waals surface area contributed by atoms with E-state index in [0.29, 0.717) is 0 Å². The second-order valence-electron chi connectivity index (χ2n) is 3.04. The van der Waals surface area contributed by atoms with Crippen LogP contribution < -0.4 is 0 Å². The van der Waals surface area contributed by atoms with E-state index in [-0.39, 0.29) is 0 Å². The molecule has 0 bridgehead atoms. The SMILES string of the molecule is CCN=C(C)/C=C(/C)[O][Al]([CH3])[CH3]. The van der Waals surface area contributed by atoms with Gasteiger partial charge in [0.15, 0.2) is 0 Å². The van der Waals surface area contributed by atoms with Crippen molar-refractivity contribution in [3.63, 3.8) is 0 Å². The molecule has 0 unspecified atom stereocenters. The summed E-state index contributed by atoms with van der Waals surface area (Å²) in [6.07, 6.45) is 2.00. The standard InChI is InChI=1S/C7H13NO.2CH3.Al/c1-4-8-6(2)5-7(3)9;;;/h5,9H,4H2,1-3H3;2*1H3;/q;;;+1/p-1/b7-5-,8-6?;;;. The molecule has 0 N–H and O–H groups in total. The Kier molecular flexibility index (Phi) is 6.14. The van der Waals surface area contributed by atoms with Crippen LogP contribution >= 0.6 is 0 Å². The fourth-order valence-corrected chi connectivity index (χ4v) is 1.81. The molecule has 0 rings (SSSR count). The molecule has 3 heteroatoms. The van der Waals surface area contributed by atoms with Crippen LogP contribution in [0.2, 0.25) is 11.6 Å². The highest BCUT2D eigenvalue weighted by atomic mass is 27.2. The summed E-state index contributed by atoms with van der Waals surface area (Å²) in [5.41, 5.74) is 1.05. The van der Waals surface area contributed by atoms with E-state index in [1.54, 1.807) is 0 Å². The van der Waals surface area contributed by atoms with Crippen molar-refractivity contribution >= 4 is 20.2 Å². The van der Waals surface area contributed by atoms with E-state index in [1.165, 1.54) is 0 Å². The number of allylic oxidation sites excluding steroid dienone is 2. The summed E-state index contributed by atoms with van der Waals surface area (Å²) in [6.45, 7) is 6.86. The molecule has 0 atom stereocenters. The summed E-state index contributed by atoms with van der Waals surface area (Å²) in [5, 5.41) is 0. The minimum Gasteiger partial charge on any atom is -0.646 e. The number of rotatable bonds is 4. The molecule has 12 heavy (non-hydrogen) atoms. The van der Waals surface area contributed by atoms with E-state index >= 15 is 0 Å². The zero-order valence-corrected chi connectivity index (χ0v) is 9.87. The molecule has 0 aromatic carbocycles. The van der Waals surface area contributed by atoms with E-state index in [0.717, 1.165) is 18.0 Å². The first-order valence-electron chi connectivity index (χ1n) is 4.42. The van der Waals surface area contributed by atoms with Gasteiger partial charge in [0.1, 0.15) is 0 Å². The Hall–Kier alpha value is -0.258. The Morgan fingerprint density at radius 1 is 1.42 bits per heavy atom. The van der Waals surface area contributed by atoms with Gasteiger partial charge in [-0.1, -0.05) is 11.6 Å². The fraction of sp³-hybridized carbons (Fsp3) is 0.667. The van der Waals surface area contributed by atoms with Gasteiger partial charge in [0.05, 0.1) is 5.76 Å². The van der Waals surface area contributed by atoms with Gasteiger partial charge in [-0.15, -0.1) is 0 Å². The molecule has 0 heterocycles. The van der Waals surface area contributed by atoms with Crippen molar-refractivity contribution in [2.75, 3.05) is 6.54 Å². The third-order valence-electron chi connectivity index (χ3n) is 1.24. The molecule has 68 valence electrons. The molecule has 0 saturated carbocycles. The van der Waals surface area contributed by atoms with E-state index in [2.05, 4.69) is 16.6 Å². The third kappa shape index (κ3) is 6.45. The van der Waals surface area contributed by atoms with Crippen molar-refractivity contribution in [2.45, 2.75) is 32.3 Å². The van der Waals surface area contributed by atoms with Crippen LogP contribution in [0, 0.1) is 0 Å². The third-order valence-corrected chi connectivity index (χ3v) is 2.08. The zero-order valence-electron chi connectivity index (χ0n) is 8.72. The van der Waals surface area contributed by atoms with Gasteiger partial charge >= 0.3 is 14.5 Å². The maximum Gasteiger partial charge on any atom is 0.539 e. The van der Waals surface area contributed by atoms with E-state index in [4.69, 9.17) is 3.79 Å². The highest BCUT2D eigenvalue weighted by Crippen LogP contribution is 1.99. The molecule has 0 aliphatic heterocycles. The van der Waals surface area contributed by atoms with Crippen LogP contribution in [0.3, 0.4) is 0 Å². The van der Waals surface area contributed by atoms with Gasteiger partial charge in [0, 0.05) is 12.3 Å². The normalized spacial score (nSPS) is 13.1. The highest BCUT2D eigenvalue weighted by Gasteiger charge is 2.05. The first-order chi connectivity index (χ1) is 5.56. The molecular weight excluding hydrogens is 165 g/mol. The lowest BCUT2D eigenvalue weighted by atomic mass is 10.3. The Balaban J connectivity index is 4.06. The van der Waals surface area contributed by atoms with Crippen LogP contribution in [-0.2, 0) is 3.79 Å². The minimum absolute atomic E-state index is 0.842. The first kappa shape index (κ1) is 11.7. The second kappa shape index (κ2) is 6.28.